The maximum absolute atomic E-state index is 13.2. The highest BCUT2D eigenvalue weighted by Crippen LogP contribution is 2.31. The highest BCUT2D eigenvalue weighted by Gasteiger charge is 2.37. The summed E-state index contributed by atoms with van der Waals surface area (Å²) in [6, 6.07) is 4.35. The number of aromatic nitrogens is 2. The molecule has 134 valence electrons. The van der Waals surface area contributed by atoms with E-state index in [1.807, 2.05) is 31.6 Å². The van der Waals surface area contributed by atoms with Crippen molar-refractivity contribution in [3.8, 4) is 0 Å². The second-order valence-electron chi connectivity index (χ2n) is 7.37. The Morgan fingerprint density at radius 1 is 1.40 bits per heavy atom. The molecule has 4 rings (SSSR count). The van der Waals surface area contributed by atoms with Gasteiger partial charge in [-0.1, -0.05) is 0 Å². The highest BCUT2D eigenvalue weighted by atomic mass is 16.3. The molecule has 1 aliphatic heterocycles. The number of carbonyl (C=O) groups excluding carboxylic acids is 1. The molecule has 0 aromatic carbocycles. The molecular formula is C19H26N4O2. The normalized spacial score (nSPS) is 21.4. The van der Waals surface area contributed by atoms with Crippen LogP contribution in [-0.2, 0) is 24.9 Å². The molecule has 1 saturated carbocycles. The fourth-order valence-corrected chi connectivity index (χ4v) is 3.78. The zero-order chi connectivity index (χ0) is 17.2. The van der Waals surface area contributed by atoms with E-state index in [1.54, 1.807) is 10.9 Å². The minimum Gasteiger partial charge on any atom is -0.468 e. The lowest BCUT2D eigenvalue weighted by molar-refractivity contribution is -0.138. The zero-order valence-corrected chi connectivity index (χ0v) is 14.8. The number of aryl methyl sites for hydroxylation is 1. The molecule has 25 heavy (non-hydrogen) atoms. The standard InChI is InChI=1S/C19H26N4O2/c1-21-11-15(10-20-21)12-23(17-6-7-17)19(24)16-4-2-8-22(13-16)14-18-5-3-9-25-18/h3,5,9-11,16-17H,2,4,6-8,12-14H2,1H3. The maximum Gasteiger partial charge on any atom is 0.227 e. The molecule has 6 heteroatoms. The van der Waals surface area contributed by atoms with Crippen molar-refractivity contribution in [1.29, 1.82) is 0 Å². The van der Waals surface area contributed by atoms with Gasteiger partial charge in [0.25, 0.3) is 0 Å². The molecule has 2 fully saturated rings. The largest absolute Gasteiger partial charge is 0.468 e. The van der Waals surface area contributed by atoms with Crippen molar-refractivity contribution in [2.45, 2.75) is 44.8 Å². The predicted molar refractivity (Wildman–Crippen MR) is 93.5 cm³/mol. The van der Waals surface area contributed by atoms with Crippen LogP contribution in [0.2, 0.25) is 0 Å². The van der Waals surface area contributed by atoms with E-state index in [4.69, 9.17) is 4.42 Å². The summed E-state index contributed by atoms with van der Waals surface area (Å²) < 4.78 is 7.26. The lowest BCUT2D eigenvalue weighted by Crippen LogP contribution is -2.45. The van der Waals surface area contributed by atoms with Crippen molar-refractivity contribution in [2.75, 3.05) is 13.1 Å². The van der Waals surface area contributed by atoms with Crippen LogP contribution in [0.1, 0.15) is 37.0 Å². The molecule has 2 aliphatic rings. The van der Waals surface area contributed by atoms with E-state index in [-0.39, 0.29) is 5.92 Å². The van der Waals surface area contributed by atoms with Crippen LogP contribution in [0.5, 0.6) is 0 Å². The van der Waals surface area contributed by atoms with Crippen molar-refractivity contribution >= 4 is 5.91 Å². The second kappa shape index (κ2) is 7.04. The first-order chi connectivity index (χ1) is 12.2. The number of amides is 1. The van der Waals surface area contributed by atoms with Crippen molar-refractivity contribution < 1.29 is 9.21 Å². The first-order valence-corrected chi connectivity index (χ1v) is 9.22. The van der Waals surface area contributed by atoms with E-state index in [1.165, 1.54) is 0 Å². The Morgan fingerprint density at radius 3 is 2.96 bits per heavy atom. The Balaban J connectivity index is 1.40. The van der Waals surface area contributed by atoms with Crippen LogP contribution in [0.25, 0.3) is 0 Å². The minimum absolute atomic E-state index is 0.0981. The van der Waals surface area contributed by atoms with E-state index in [0.717, 1.165) is 56.6 Å². The minimum atomic E-state index is 0.0981. The Morgan fingerprint density at radius 2 is 2.28 bits per heavy atom. The van der Waals surface area contributed by atoms with Gasteiger partial charge in [-0.25, -0.2) is 0 Å². The number of rotatable bonds is 6. The van der Waals surface area contributed by atoms with Crippen LogP contribution in [0.15, 0.2) is 35.2 Å². The van der Waals surface area contributed by atoms with Crippen LogP contribution < -0.4 is 0 Å². The molecule has 1 unspecified atom stereocenters. The molecular weight excluding hydrogens is 316 g/mol. The fraction of sp³-hybridized carbons (Fsp3) is 0.579. The summed E-state index contributed by atoms with van der Waals surface area (Å²) in [5, 5.41) is 4.24. The van der Waals surface area contributed by atoms with E-state index >= 15 is 0 Å². The predicted octanol–water partition coefficient (Wildman–Crippen LogP) is 2.42. The van der Waals surface area contributed by atoms with Gasteiger partial charge in [-0.15, -0.1) is 0 Å². The van der Waals surface area contributed by atoms with Crippen LogP contribution in [0.3, 0.4) is 0 Å². The van der Waals surface area contributed by atoms with Gasteiger partial charge < -0.3 is 9.32 Å². The van der Waals surface area contributed by atoms with Gasteiger partial charge in [0.05, 0.1) is 24.9 Å². The SMILES string of the molecule is Cn1cc(CN(C(=O)C2CCCN(Cc3ccco3)C2)C2CC2)cn1. The Labute approximate surface area is 148 Å². The summed E-state index contributed by atoms with van der Waals surface area (Å²) in [5.74, 6) is 1.39. The third-order valence-corrected chi connectivity index (χ3v) is 5.20. The van der Waals surface area contributed by atoms with Crippen molar-refractivity contribution in [1.82, 2.24) is 19.6 Å². The second-order valence-corrected chi connectivity index (χ2v) is 7.37. The molecule has 1 saturated heterocycles. The van der Waals surface area contributed by atoms with E-state index in [2.05, 4.69) is 14.9 Å². The van der Waals surface area contributed by atoms with Crippen molar-refractivity contribution in [2.24, 2.45) is 13.0 Å². The molecule has 1 amide bonds. The van der Waals surface area contributed by atoms with Crippen LogP contribution in [0.4, 0.5) is 0 Å². The molecule has 1 atom stereocenters. The molecule has 0 spiro atoms. The molecule has 2 aromatic rings. The average molecular weight is 342 g/mol. The number of furan rings is 1. The molecule has 1 aliphatic carbocycles. The van der Waals surface area contributed by atoms with Gasteiger partial charge in [0.15, 0.2) is 0 Å². The topological polar surface area (TPSA) is 54.5 Å². The van der Waals surface area contributed by atoms with Gasteiger partial charge in [-0.3, -0.25) is 14.4 Å². The summed E-state index contributed by atoms with van der Waals surface area (Å²) in [7, 11) is 1.92. The lowest BCUT2D eigenvalue weighted by atomic mass is 9.96. The molecule has 3 heterocycles. The smallest absolute Gasteiger partial charge is 0.227 e. The van der Waals surface area contributed by atoms with Gasteiger partial charge in [0.1, 0.15) is 5.76 Å². The van der Waals surface area contributed by atoms with E-state index in [9.17, 15) is 4.79 Å². The van der Waals surface area contributed by atoms with Crippen molar-refractivity contribution in [3.05, 3.63) is 42.1 Å². The van der Waals surface area contributed by atoms with Crippen LogP contribution in [-0.4, -0.2) is 44.6 Å². The molecule has 6 nitrogen and oxygen atoms in total. The third-order valence-electron chi connectivity index (χ3n) is 5.20. The number of carbonyl (C=O) groups is 1. The average Bonchev–Trinajstić information content (AvgIpc) is 3.17. The van der Waals surface area contributed by atoms with Gasteiger partial charge in [-0.05, 0) is 44.4 Å². The summed E-state index contributed by atoms with van der Waals surface area (Å²) in [4.78, 5) is 17.6. The molecule has 0 N–H and O–H groups in total. The Bertz CT molecular complexity index is 705. The van der Waals surface area contributed by atoms with Gasteiger partial charge in [-0.2, -0.15) is 5.10 Å². The maximum atomic E-state index is 13.2. The Hall–Kier alpha value is -2.08. The van der Waals surface area contributed by atoms with E-state index < -0.39 is 0 Å². The number of piperidine rings is 1. The van der Waals surface area contributed by atoms with Crippen LogP contribution in [0, 0.1) is 5.92 Å². The number of nitrogens with zero attached hydrogens (tertiary/aromatic N) is 4. The summed E-state index contributed by atoms with van der Waals surface area (Å²) in [6.45, 7) is 3.35. The van der Waals surface area contributed by atoms with Gasteiger partial charge in [0.2, 0.25) is 5.91 Å². The first kappa shape index (κ1) is 16.4. The number of likely N-dealkylation sites (tertiary alicyclic amines) is 1. The first-order valence-electron chi connectivity index (χ1n) is 9.22. The van der Waals surface area contributed by atoms with Gasteiger partial charge >= 0.3 is 0 Å². The highest BCUT2D eigenvalue weighted by molar-refractivity contribution is 5.79. The zero-order valence-electron chi connectivity index (χ0n) is 14.8. The number of hydrogen-bond donors (Lipinski definition) is 0. The summed E-state index contributed by atoms with van der Waals surface area (Å²) in [5.41, 5.74) is 1.12. The molecule has 2 aromatic heterocycles. The van der Waals surface area contributed by atoms with E-state index in [0.29, 0.717) is 18.5 Å². The summed E-state index contributed by atoms with van der Waals surface area (Å²) in [6.07, 6.45) is 9.92. The van der Waals surface area contributed by atoms with Gasteiger partial charge in [0, 0.05) is 37.9 Å². The quantitative estimate of drug-likeness (QED) is 0.809. The third kappa shape index (κ3) is 3.95. The molecule has 0 radical (unpaired) electrons. The molecule has 0 bridgehead atoms. The number of hydrogen-bond acceptors (Lipinski definition) is 4. The fourth-order valence-electron chi connectivity index (χ4n) is 3.78. The summed E-state index contributed by atoms with van der Waals surface area (Å²) >= 11 is 0. The van der Waals surface area contributed by atoms with Crippen molar-refractivity contribution in [3.63, 3.8) is 0 Å². The van der Waals surface area contributed by atoms with Crippen LogP contribution >= 0.6 is 0 Å². The lowest BCUT2D eigenvalue weighted by Gasteiger charge is -2.34. The monoisotopic (exact) mass is 342 g/mol. The Kier molecular flexibility index (Phi) is 4.61.